The fourth-order valence-electron chi connectivity index (χ4n) is 2.15. The molecule has 1 aromatic rings. The van der Waals surface area contributed by atoms with Crippen LogP contribution in [-0.4, -0.2) is 36.6 Å². The van der Waals surface area contributed by atoms with E-state index in [0.29, 0.717) is 18.8 Å². The summed E-state index contributed by atoms with van der Waals surface area (Å²) in [5.74, 6) is 1.63. The van der Waals surface area contributed by atoms with Crippen LogP contribution in [0.5, 0.6) is 11.5 Å². The van der Waals surface area contributed by atoms with Crippen LogP contribution in [0.25, 0.3) is 0 Å². The Labute approximate surface area is 115 Å². The molecule has 0 radical (unpaired) electrons. The first-order valence-corrected chi connectivity index (χ1v) is 6.75. The van der Waals surface area contributed by atoms with E-state index in [1.54, 1.807) is 7.11 Å². The molecule has 4 heteroatoms. The molecule has 4 nitrogen and oxygen atoms in total. The first-order chi connectivity index (χ1) is 9.15. The van der Waals surface area contributed by atoms with Gasteiger partial charge in [-0.1, -0.05) is 13.0 Å². The van der Waals surface area contributed by atoms with Crippen molar-refractivity contribution in [2.45, 2.75) is 38.7 Å². The van der Waals surface area contributed by atoms with E-state index in [0.717, 1.165) is 17.7 Å². The van der Waals surface area contributed by atoms with Crippen molar-refractivity contribution in [3.05, 3.63) is 23.8 Å². The summed E-state index contributed by atoms with van der Waals surface area (Å²) in [4.78, 5) is 0. The van der Waals surface area contributed by atoms with Crippen molar-refractivity contribution in [2.75, 3.05) is 20.3 Å². The molecule has 1 aromatic carbocycles. The Balaban J connectivity index is 2.92. The molecule has 0 spiro atoms. The number of methoxy groups -OCH3 is 1. The van der Waals surface area contributed by atoms with E-state index >= 15 is 0 Å². The number of hydrogen-bond acceptors (Lipinski definition) is 4. The van der Waals surface area contributed by atoms with Gasteiger partial charge in [0, 0.05) is 0 Å². The lowest BCUT2D eigenvalue weighted by molar-refractivity contribution is 0.0817. The minimum atomic E-state index is -0.678. The van der Waals surface area contributed by atoms with Gasteiger partial charge in [-0.25, -0.2) is 0 Å². The maximum Gasteiger partial charge on any atom is 0.161 e. The molecule has 0 aliphatic carbocycles. The van der Waals surface area contributed by atoms with E-state index in [2.05, 4.69) is 6.92 Å². The van der Waals surface area contributed by atoms with Crippen LogP contribution in [0.3, 0.4) is 0 Å². The van der Waals surface area contributed by atoms with Crippen LogP contribution in [0.2, 0.25) is 0 Å². The molecular weight excluding hydrogens is 244 g/mol. The molecule has 0 saturated heterocycles. The van der Waals surface area contributed by atoms with Gasteiger partial charge in [-0.15, -0.1) is 0 Å². The smallest absolute Gasteiger partial charge is 0.161 e. The van der Waals surface area contributed by atoms with Gasteiger partial charge in [-0.3, -0.25) is 0 Å². The van der Waals surface area contributed by atoms with Gasteiger partial charge in [0.05, 0.1) is 26.4 Å². The Morgan fingerprint density at radius 2 is 1.95 bits per heavy atom. The zero-order chi connectivity index (χ0) is 14.3. The number of hydrogen-bond donors (Lipinski definition) is 2. The summed E-state index contributed by atoms with van der Waals surface area (Å²) in [6.45, 7) is 4.39. The van der Waals surface area contributed by atoms with E-state index in [1.165, 1.54) is 0 Å². The van der Waals surface area contributed by atoms with Crippen molar-refractivity contribution >= 4 is 0 Å². The minimum absolute atomic E-state index is 0.201. The summed E-state index contributed by atoms with van der Waals surface area (Å²) in [5, 5.41) is 18.5. The van der Waals surface area contributed by atoms with Crippen LogP contribution < -0.4 is 9.47 Å². The second kappa shape index (κ2) is 8.02. The fourth-order valence-corrected chi connectivity index (χ4v) is 2.15. The quantitative estimate of drug-likeness (QED) is 0.759. The standard InChI is InChI=1S/C15H24O4/c1-4-11(8-13(17)10-16)12-6-7-14(19-5-2)15(9-12)18-3/h6-7,9,11,13,16-17H,4-5,8,10H2,1-3H3. The molecule has 108 valence electrons. The molecule has 2 unspecified atom stereocenters. The summed E-state index contributed by atoms with van der Waals surface area (Å²) in [6, 6.07) is 5.83. The van der Waals surface area contributed by atoms with Gasteiger partial charge in [-0.2, -0.15) is 0 Å². The zero-order valence-electron chi connectivity index (χ0n) is 11.9. The average molecular weight is 268 g/mol. The van der Waals surface area contributed by atoms with Gasteiger partial charge in [0.1, 0.15) is 0 Å². The second-order valence-corrected chi connectivity index (χ2v) is 4.52. The number of aliphatic hydroxyl groups is 2. The average Bonchev–Trinajstić information content (AvgIpc) is 2.45. The highest BCUT2D eigenvalue weighted by atomic mass is 16.5. The topological polar surface area (TPSA) is 58.9 Å². The van der Waals surface area contributed by atoms with E-state index in [1.807, 2.05) is 25.1 Å². The Bertz CT molecular complexity index is 378. The Hall–Kier alpha value is -1.26. The molecule has 0 aromatic heterocycles. The molecule has 0 fully saturated rings. The molecule has 2 atom stereocenters. The molecule has 0 amide bonds. The van der Waals surface area contributed by atoms with Gasteiger partial charge in [0.2, 0.25) is 0 Å². The first kappa shape index (κ1) is 15.8. The summed E-state index contributed by atoms with van der Waals surface area (Å²) in [5.41, 5.74) is 1.09. The van der Waals surface area contributed by atoms with Crippen LogP contribution in [-0.2, 0) is 0 Å². The van der Waals surface area contributed by atoms with Gasteiger partial charge in [0.25, 0.3) is 0 Å². The Kier molecular flexibility index (Phi) is 6.67. The van der Waals surface area contributed by atoms with E-state index < -0.39 is 6.10 Å². The first-order valence-electron chi connectivity index (χ1n) is 6.75. The number of ether oxygens (including phenoxy) is 2. The largest absolute Gasteiger partial charge is 0.493 e. The molecule has 0 heterocycles. The molecular formula is C15H24O4. The highest BCUT2D eigenvalue weighted by Gasteiger charge is 2.16. The third-order valence-electron chi connectivity index (χ3n) is 3.22. The third-order valence-corrected chi connectivity index (χ3v) is 3.22. The van der Waals surface area contributed by atoms with Crippen LogP contribution in [0.4, 0.5) is 0 Å². The van der Waals surface area contributed by atoms with Crippen molar-refractivity contribution in [3.63, 3.8) is 0 Å². The third kappa shape index (κ3) is 4.40. The normalized spacial score (nSPS) is 13.9. The second-order valence-electron chi connectivity index (χ2n) is 4.52. The van der Waals surface area contributed by atoms with Crippen molar-refractivity contribution < 1.29 is 19.7 Å². The number of rotatable bonds is 8. The maximum absolute atomic E-state index is 9.58. The monoisotopic (exact) mass is 268 g/mol. The highest BCUT2D eigenvalue weighted by Crippen LogP contribution is 2.33. The summed E-state index contributed by atoms with van der Waals surface area (Å²) < 4.78 is 10.8. The maximum atomic E-state index is 9.58. The van der Waals surface area contributed by atoms with Gasteiger partial charge >= 0.3 is 0 Å². The van der Waals surface area contributed by atoms with Gasteiger partial charge in [0.15, 0.2) is 11.5 Å². The highest BCUT2D eigenvalue weighted by molar-refractivity contribution is 5.44. The Morgan fingerprint density at radius 1 is 1.21 bits per heavy atom. The lowest BCUT2D eigenvalue weighted by atomic mass is 9.90. The number of aliphatic hydroxyl groups excluding tert-OH is 2. The van der Waals surface area contributed by atoms with Crippen LogP contribution >= 0.6 is 0 Å². The van der Waals surface area contributed by atoms with E-state index in [4.69, 9.17) is 14.6 Å². The SMILES string of the molecule is CCOc1ccc(C(CC)CC(O)CO)cc1OC. The molecule has 0 aliphatic rings. The molecule has 2 N–H and O–H groups in total. The predicted octanol–water partition coefficient (Wildman–Crippen LogP) is 2.33. The van der Waals surface area contributed by atoms with Crippen molar-refractivity contribution in [3.8, 4) is 11.5 Å². The summed E-state index contributed by atoms with van der Waals surface area (Å²) >= 11 is 0. The fraction of sp³-hybridized carbons (Fsp3) is 0.600. The lowest BCUT2D eigenvalue weighted by Gasteiger charge is -2.19. The summed E-state index contributed by atoms with van der Waals surface area (Å²) in [6.07, 6.45) is 0.765. The van der Waals surface area contributed by atoms with E-state index in [-0.39, 0.29) is 12.5 Å². The van der Waals surface area contributed by atoms with Crippen molar-refractivity contribution in [1.82, 2.24) is 0 Å². The minimum Gasteiger partial charge on any atom is -0.493 e. The molecule has 0 bridgehead atoms. The predicted molar refractivity (Wildman–Crippen MR) is 74.9 cm³/mol. The Morgan fingerprint density at radius 3 is 2.47 bits per heavy atom. The lowest BCUT2D eigenvalue weighted by Crippen LogP contribution is -2.16. The van der Waals surface area contributed by atoms with Gasteiger partial charge in [-0.05, 0) is 43.4 Å². The molecule has 0 aliphatic heterocycles. The zero-order valence-corrected chi connectivity index (χ0v) is 11.9. The van der Waals surface area contributed by atoms with Crippen LogP contribution in [0.15, 0.2) is 18.2 Å². The van der Waals surface area contributed by atoms with Crippen LogP contribution in [0.1, 0.15) is 38.2 Å². The molecule has 19 heavy (non-hydrogen) atoms. The summed E-state index contributed by atoms with van der Waals surface area (Å²) in [7, 11) is 1.62. The van der Waals surface area contributed by atoms with Gasteiger partial charge < -0.3 is 19.7 Å². The number of benzene rings is 1. The van der Waals surface area contributed by atoms with Crippen LogP contribution in [0, 0.1) is 0 Å². The van der Waals surface area contributed by atoms with E-state index in [9.17, 15) is 5.11 Å². The molecule has 0 saturated carbocycles. The van der Waals surface area contributed by atoms with Crippen molar-refractivity contribution in [2.24, 2.45) is 0 Å². The molecule has 1 rings (SSSR count). The van der Waals surface area contributed by atoms with Crippen molar-refractivity contribution in [1.29, 1.82) is 0 Å².